The largest absolute Gasteiger partial charge is 0.354 e. The Hall–Kier alpha value is -0.610. The molecule has 1 saturated heterocycles. The minimum atomic E-state index is 0.184. The Bertz CT molecular complexity index is 344. The third kappa shape index (κ3) is 4.69. The number of likely N-dealkylation sites (N-methyl/N-ethyl adjacent to an activating group) is 1. The molecule has 1 heterocycles. The maximum absolute atomic E-state index is 12.4. The lowest BCUT2D eigenvalue weighted by atomic mass is 9.80. The average Bonchev–Trinajstić information content (AvgIpc) is 2.54. The molecule has 2 rings (SSSR count). The quantitative estimate of drug-likeness (QED) is 0.792. The van der Waals surface area contributed by atoms with E-state index in [-0.39, 0.29) is 11.4 Å². The molecule has 4 nitrogen and oxygen atoms in total. The minimum absolute atomic E-state index is 0.184. The van der Waals surface area contributed by atoms with Crippen molar-refractivity contribution in [2.75, 3.05) is 33.7 Å². The van der Waals surface area contributed by atoms with Gasteiger partial charge in [-0.25, -0.2) is 0 Å². The van der Waals surface area contributed by atoms with Gasteiger partial charge in [-0.1, -0.05) is 26.2 Å². The van der Waals surface area contributed by atoms with E-state index in [0.29, 0.717) is 18.3 Å². The molecule has 4 heteroatoms. The molecule has 1 aliphatic carbocycles. The lowest BCUT2D eigenvalue weighted by Gasteiger charge is -2.43. The second-order valence-corrected chi connectivity index (χ2v) is 7.74. The zero-order valence-corrected chi connectivity index (χ0v) is 14.8. The molecule has 0 bridgehead atoms. The van der Waals surface area contributed by atoms with Gasteiger partial charge in [-0.15, -0.1) is 0 Å². The molecule has 0 radical (unpaired) electrons. The Balaban J connectivity index is 1.78. The first-order chi connectivity index (χ1) is 10.5. The lowest BCUT2D eigenvalue weighted by molar-refractivity contribution is -0.123. The van der Waals surface area contributed by atoms with Gasteiger partial charge in [-0.05, 0) is 64.7 Å². The molecule has 1 amide bonds. The molecular weight excluding hydrogens is 274 g/mol. The summed E-state index contributed by atoms with van der Waals surface area (Å²) in [4.78, 5) is 14.7. The van der Waals surface area contributed by atoms with E-state index in [1.807, 2.05) is 0 Å². The number of nitrogens with zero attached hydrogens (tertiary/aromatic N) is 1. The van der Waals surface area contributed by atoms with Crippen molar-refractivity contribution >= 4 is 5.91 Å². The number of piperidine rings is 1. The summed E-state index contributed by atoms with van der Waals surface area (Å²) >= 11 is 0. The highest BCUT2D eigenvalue weighted by Gasteiger charge is 2.34. The van der Waals surface area contributed by atoms with E-state index >= 15 is 0 Å². The Morgan fingerprint density at radius 1 is 1.27 bits per heavy atom. The van der Waals surface area contributed by atoms with Crippen molar-refractivity contribution < 1.29 is 4.79 Å². The molecule has 0 aromatic carbocycles. The van der Waals surface area contributed by atoms with Crippen molar-refractivity contribution in [1.82, 2.24) is 15.5 Å². The third-order valence-corrected chi connectivity index (χ3v) is 5.99. The monoisotopic (exact) mass is 309 g/mol. The Kier molecular flexibility index (Phi) is 6.69. The Labute approximate surface area is 136 Å². The van der Waals surface area contributed by atoms with Crippen LogP contribution in [0, 0.1) is 11.8 Å². The fourth-order valence-corrected chi connectivity index (χ4v) is 4.15. The van der Waals surface area contributed by atoms with Gasteiger partial charge >= 0.3 is 0 Å². The number of amides is 1. The number of carbonyl (C=O) groups excluding carboxylic acids is 1. The van der Waals surface area contributed by atoms with Crippen molar-refractivity contribution in [2.24, 2.45) is 11.8 Å². The summed E-state index contributed by atoms with van der Waals surface area (Å²) in [6.45, 7) is 5.27. The van der Waals surface area contributed by atoms with E-state index in [9.17, 15) is 4.79 Å². The van der Waals surface area contributed by atoms with Crippen LogP contribution in [-0.2, 0) is 4.79 Å². The van der Waals surface area contributed by atoms with Crippen LogP contribution in [0.15, 0.2) is 0 Å². The van der Waals surface area contributed by atoms with Gasteiger partial charge in [0.05, 0.1) is 0 Å². The number of nitrogens with one attached hydrogen (secondary N) is 2. The van der Waals surface area contributed by atoms with E-state index in [0.717, 1.165) is 19.6 Å². The van der Waals surface area contributed by atoms with Crippen LogP contribution in [0.1, 0.15) is 58.3 Å². The van der Waals surface area contributed by atoms with Crippen molar-refractivity contribution in [3.05, 3.63) is 0 Å². The molecule has 0 aromatic heterocycles. The van der Waals surface area contributed by atoms with Crippen molar-refractivity contribution in [3.63, 3.8) is 0 Å². The molecular formula is C18H35N3O. The fraction of sp³-hybridized carbons (Fsp3) is 0.944. The lowest BCUT2D eigenvalue weighted by Crippen LogP contribution is -2.54. The normalized spacial score (nSPS) is 26.6. The SMILES string of the molecule is CC(CC(=O)NCC1(N(C)C)CCCCC1)C1CCCNC1. The van der Waals surface area contributed by atoms with E-state index in [4.69, 9.17) is 0 Å². The summed E-state index contributed by atoms with van der Waals surface area (Å²) in [5.41, 5.74) is 0.184. The maximum atomic E-state index is 12.4. The van der Waals surface area contributed by atoms with E-state index in [1.165, 1.54) is 44.9 Å². The zero-order chi connectivity index (χ0) is 16.0. The third-order valence-electron chi connectivity index (χ3n) is 5.99. The highest BCUT2D eigenvalue weighted by molar-refractivity contribution is 5.76. The highest BCUT2D eigenvalue weighted by Crippen LogP contribution is 2.31. The zero-order valence-electron chi connectivity index (χ0n) is 14.8. The second kappa shape index (κ2) is 8.30. The van der Waals surface area contributed by atoms with Crippen LogP contribution in [0.5, 0.6) is 0 Å². The summed E-state index contributed by atoms with van der Waals surface area (Å²) in [7, 11) is 4.32. The topological polar surface area (TPSA) is 44.4 Å². The highest BCUT2D eigenvalue weighted by atomic mass is 16.1. The second-order valence-electron chi connectivity index (χ2n) is 7.74. The van der Waals surface area contributed by atoms with Crippen LogP contribution in [0.3, 0.4) is 0 Å². The van der Waals surface area contributed by atoms with Crippen LogP contribution in [-0.4, -0.2) is 50.1 Å². The molecule has 2 aliphatic rings. The van der Waals surface area contributed by atoms with Gasteiger partial charge in [-0.3, -0.25) is 4.79 Å². The summed E-state index contributed by atoms with van der Waals surface area (Å²) < 4.78 is 0. The molecule has 2 fully saturated rings. The summed E-state index contributed by atoms with van der Waals surface area (Å²) in [6.07, 6.45) is 9.54. The molecule has 1 saturated carbocycles. The predicted molar refractivity (Wildman–Crippen MR) is 91.9 cm³/mol. The molecule has 2 atom stereocenters. The molecule has 0 aromatic rings. The van der Waals surface area contributed by atoms with Crippen LogP contribution >= 0.6 is 0 Å². The number of rotatable bonds is 6. The van der Waals surface area contributed by atoms with Crippen molar-refractivity contribution in [3.8, 4) is 0 Å². The first-order valence-corrected chi connectivity index (χ1v) is 9.18. The van der Waals surface area contributed by atoms with Gasteiger partial charge in [0.15, 0.2) is 0 Å². The first-order valence-electron chi connectivity index (χ1n) is 9.18. The van der Waals surface area contributed by atoms with E-state index < -0.39 is 0 Å². The predicted octanol–water partition coefficient (Wildman–Crippen LogP) is 2.39. The molecule has 0 spiro atoms. The fourth-order valence-electron chi connectivity index (χ4n) is 4.15. The molecule has 2 unspecified atom stereocenters. The van der Waals surface area contributed by atoms with Gasteiger partial charge in [0, 0.05) is 18.5 Å². The van der Waals surface area contributed by atoms with Gasteiger partial charge in [-0.2, -0.15) is 0 Å². The number of carbonyl (C=O) groups is 1. The van der Waals surface area contributed by atoms with Crippen molar-refractivity contribution in [2.45, 2.75) is 63.8 Å². The molecule has 1 aliphatic heterocycles. The van der Waals surface area contributed by atoms with Crippen LogP contribution in [0.2, 0.25) is 0 Å². The van der Waals surface area contributed by atoms with Gasteiger partial charge < -0.3 is 15.5 Å². The maximum Gasteiger partial charge on any atom is 0.220 e. The van der Waals surface area contributed by atoms with Gasteiger partial charge in [0.1, 0.15) is 0 Å². The van der Waals surface area contributed by atoms with Crippen molar-refractivity contribution in [1.29, 1.82) is 0 Å². The smallest absolute Gasteiger partial charge is 0.220 e. The van der Waals surface area contributed by atoms with Crippen LogP contribution < -0.4 is 10.6 Å². The summed E-state index contributed by atoms with van der Waals surface area (Å²) in [5, 5.41) is 6.70. The van der Waals surface area contributed by atoms with Crippen LogP contribution in [0.25, 0.3) is 0 Å². The Morgan fingerprint density at radius 3 is 2.59 bits per heavy atom. The molecule has 22 heavy (non-hydrogen) atoms. The summed E-state index contributed by atoms with van der Waals surface area (Å²) in [6, 6.07) is 0. The van der Waals surface area contributed by atoms with Crippen LogP contribution in [0.4, 0.5) is 0 Å². The number of hydrogen-bond acceptors (Lipinski definition) is 3. The average molecular weight is 309 g/mol. The first kappa shape index (κ1) is 17.7. The summed E-state index contributed by atoms with van der Waals surface area (Å²) in [5.74, 6) is 1.39. The van der Waals surface area contributed by atoms with E-state index in [1.54, 1.807) is 0 Å². The van der Waals surface area contributed by atoms with Gasteiger partial charge in [0.25, 0.3) is 0 Å². The number of hydrogen-bond donors (Lipinski definition) is 2. The molecule has 2 N–H and O–H groups in total. The standard InChI is InChI=1S/C18H35N3O/c1-15(16-8-7-11-19-13-16)12-17(22)20-14-18(21(2)3)9-5-4-6-10-18/h15-16,19H,4-14H2,1-3H3,(H,20,22). The minimum Gasteiger partial charge on any atom is -0.354 e. The van der Waals surface area contributed by atoms with E-state index in [2.05, 4.69) is 36.6 Å². The molecule has 128 valence electrons. The Morgan fingerprint density at radius 2 is 2.00 bits per heavy atom. The van der Waals surface area contributed by atoms with Gasteiger partial charge in [0.2, 0.25) is 5.91 Å².